The number of nitrogens with zero attached hydrogens (tertiary/aromatic N) is 1. The molecule has 0 radical (unpaired) electrons. The lowest BCUT2D eigenvalue weighted by Crippen LogP contribution is -2.46. The molecule has 2 heterocycles. The Hall–Kier alpha value is -2.44. The van der Waals surface area contributed by atoms with Gasteiger partial charge < -0.3 is 24.8 Å². The van der Waals surface area contributed by atoms with Gasteiger partial charge in [0.15, 0.2) is 11.5 Å². The maximum Gasteiger partial charge on any atom is 0.317 e. The van der Waals surface area contributed by atoms with E-state index in [0.717, 1.165) is 29.9 Å². The summed E-state index contributed by atoms with van der Waals surface area (Å²) in [5.74, 6) is 0.818. The first kappa shape index (κ1) is 17.0. The molecule has 140 valence electrons. The van der Waals surface area contributed by atoms with E-state index in [4.69, 9.17) is 14.6 Å². The Labute approximate surface area is 152 Å². The second kappa shape index (κ2) is 7.05. The van der Waals surface area contributed by atoms with Crippen molar-refractivity contribution in [1.82, 2.24) is 10.2 Å². The van der Waals surface area contributed by atoms with Gasteiger partial charge in [0.2, 0.25) is 0 Å². The van der Waals surface area contributed by atoms with E-state index >= 15 is 0 Å². The molecular formula is C19H24N2O5. The molecule has 1 aromatic carbocycles. The maximum absolute atomic E-state index is 12.7. The Morgan fingerprint density at radius 1 is 1.08 bits per heavy atom. The van der Waals surface area contributed by atoms with E-state index < -0.39 is 5.97 Å². The zero-order chi connectivity index (χ0) is 18.1. The van der Waals surface area contributed by atoms with Gasteiger partial charge in [0.05, 0.1) is 12.0 Å². The van der Waals surface area contributed by atoms with Crippen LogP contribution in [0.2, 0.25) is 0 Å². The molecule has 7 heteroatoms. The van der Waals surface area contributed by atoms with Gasteiger partial charge >= 0.3 is 12.0 Å². The number of piperidine rings is 1. The quantitative estimate of drug-likeness (QED) is 0.861. The molecule has 1 atom stereocenters. The lowest BCUT2D eigenvalue weighted by molar-refractivity contribution is -0.143. The molecule has 2 fully saturated rings. The Kier molecular flexibility index (Phi) is 4.61. The minimum absolute atomic E-state index is 0.0458. The van der Waals surface area contributed by atoms with Crippen LogP contribution in [0.25, 0.3) is 0 Å². The highest BCUT2D eigenvalue weighted by atomic mass is 16.6. The van der Waals surface area contributed by atoms with E-state index in [2.05, 4.69) is 5.32 Å². The van der Waals surface area contributed by atoms with E-state index in [-0.39, 0.29) is 18.0 Å². The number of carboxylic acid groups (broad SMARTS) is 1. The summed E-state index contributed by atoms with van der Waals surface area (Å²) < 4.78 is 11.2. The molecule has 4 rings (SSSR count). The predicted molar refractivity (Wildman–Crippen MR) is 93.4 cm³/mol. The first-order chi connectivity index (χ1) is 12.6. The highest BCUT2D eigenvalue weighted by Crippen LogP contribution is 2.43. The van der Waals surface area contributed by atoms with Gasteiger partial charge in [-0.05, 0) is 49.3 Å². The van der Waals surface area contributed by atoms with E-state index in [1.807, 2.05) is 18.2 Å². The van der Waals surface area contributed by atoms with Gasteiger partial charge in [-0.15, -0.1) is 0 Å². The smallest absolute Gasteiger partial charge is 0.317 e. The number of rotatable bonds is 4. The van der Waals surface area contributed by atoms with Crippen molar-refractivity contribution in [2.75, 3.05) is 26.3 Å². The van der Waals surface area contributed by atoms with Gasteiger partial charge in [0.25, 0.3) is 0 Å². The van der Waals surface area contributed by atoms with Crippen LogP contribution in [0.1, 0.15) is 37.3 Å². The van der Waals surface area contributed by atoms with Gasteiger partial charge in [0, 0.05) is 13.1 Å². The lowest BCUT2D eigenvalue weighted by Gasteiger charge is -2.32. The molecule has 1 unspecified atom stereocenters. The molecular weight excluding hydrogens is 336 g/mol. The first-order valence-electron chi connectivity index (χ1n) is 9.29. The number of hydrogen-bond acceptors (Lipinski definition) is 4. The van der Waals surface area contributed by atoms with Crippen LogP contribution in [-0.4, -0.2) is 48.3 Å². The monoisotopic (exact) mass is 360 g/mol. The van der Waals surface area contributed by atoms with Crippen LogP contribution in [0, 0.1) is 11.8 Å². The molecule has 0 aromatic heterocycles. The largest absolute Gasteiger partial charge is 0.486 e. The number of hydrogen-bond donors (Lipinski definition) is 2. The molecule has 0 spiro atoms. The minimum Gasteiger partial charge on any atom is -0.486 e. The summed E-state index contributed by atoms with van der Waals surface area (Å²) in [6.45, 7) is 2.07. The van der Waals surface area contributed by atoms with Crippen LogP contribution in [-0.2, 0) is 4.79 Å². The molecule has 7 nitrogen and oxygen atoms in total. The average molecular weight is 360 g/mol. The van der Waals surface area contributed by atoms with Crippen molar-refractivity contribution in [2.24, 2.45) is 11.8 Å². The lowest BCUT2D eigenvalue weighted by atomic mass is 9.97. The zero-order valence-electron chi connectivity index (χ0n) is 14.6. The van der Waals surface area contributed by atoms with Crippen molar-refractivity contribution in [2.45, 2.75) is 31.7 Å². The summed E-state index contributed by atoms with van der Waals surface area (Å²) in [4.78, 5) is 25.5. The number of carbonyl (C=O) groups excluding carboxylic acids is 1. The minimum atomic E-state index is -0.766. The fourth-order valence-corrected chi connectivity index (χ4v) is 3.71. The topological polar surface area (TPSA) is 88.1 Å². The predicted octanol–water partition coefficient (Wildman–Crippen LogP) is 2.42. The number of nitrogens with one attached hydrogen (secondary N) is 1. The van der Waals surface area contributed by atoms with Crippen LogP contribution in [0.4, 0.5) is 4.79 Å². The van der Waals surface area contributed by atoms with Gasteiger partial charge in [-0.25, -0.2) is 4.79 Å². The normalized spacial score (nSPS) is 21.2. The molecule has 0 bridgehead atoms. The van der Waals surface area contributed by atoms with Crippen LogP contribution < -0.4 is 14.8 Å². The summed E-state index contributed by atoms with van der Waals surface area (Å²) in [6.07, 6.45) is 3.22. The first-order valence-corrected chi connectivity index (χ1v) is 9.29. The molecule has 2 aliphatic heterocycles. The number of amides is 2. The van der Waals surface area contributed by atoms with Crippen LogP contribution >= 0.6 is 0 Å². The summed E-state index contributed by atoms with van der Waals surface area (Å²) in [7, 11) is 0. The second-order valence-corrected chi connectivity index (χ2v) is 7.27. The molecule has 1 aliphatic carbocycles. The van der Waals surface area contributed by atoms with Crippen molar-refractivity contribution < 1.29 is 24.2 Å². The van der Waals surface area contributed by atoms with Crippen molar-refractivity contribution >= 4 is 12.0 Å². The number of urea groups is 1. The fraction of sp³-hybridized carbons (Fsp3) is 0.579. The average Bonchev–Trinajstić information content (AvgIpc) is 3.50. The number of benzene rings is 1. The highest BCUT2D eigenvalue weighted by molar-refractivity contribution is 5.76. The Balaban J connectivity index is 1.43. The summed E-state index contributed by atoms with van der Waals surface area (Å²) in [5, 5.41) is 12.3. The third-order valence-corrected chi connectivity index (χ3v) is 5.43. The SMILES string of the molecule is O=C(O)C1CCN(C(=O)NC(c2ccc3c(c2)OCCO3)C2CC2)CC1. The van der Waals surface area contributed by atoms with Gasteiger partial charge in [-0.1, -0.05) is 6.07 Å². The van der Waals surface area contributed by atoms with Crippen molar-refractivity contribution in [3.05, 3.63) is 23.8 Å². The number of likely N-dealkylation sites (tertiary alicyclic amines) is 1. The van der Waals surface area contributed by atoms with E-state index in [9.17, 15) is 9.59 Å². The van der Waals surface area contributed by atoms with Crippen LogP contribution in [0.3, 0.4) is 0 Å². The molecule has 2 N–H and O–H groups in total. The third kappa shape index (κ3) is 3.57. The highest BCUT2D eigenvalue weighted by Gasteiger charge is 2.36. The summed E-state index contributed by atoms with van der Waals surface area (Å²) in [5.41, 5.74) is 1.03. The number of carbonyl (C=O) groups is 2. The van der Waals surface area contributed by atoms with Crippen molar-refractivity contribution in [3.8, 4) is 11.5 Å². The van der Waals surface area contributed by atoms with Crippen LogP contribution in [0.15, 0.2) is 18.2 Å². The molecule has 3 aliphatic rings. The number of aliphatic carboxylic acids is 1. The van der Waals surface area contributed by atoms with E-state index in [0.29, 0.717) is 45.1 Å². The molecule has 2 amide bonds. The Bertz CT molecular complexity index is 695. The maximum atomic E-state index is 12.7. The molecule has 1 saturated carbocycles. The number of carboxylic acids is 1. The Morgan fingerprint density at radius 3 is 2.42 bits per heavy atom. The summed E-state index contributed by atoms with van der Waals surface area (Å²) in [6, 6.07) is 5.71. The van der Waals surface area contributed by atoms with E-state index in [1.165, 1.54) is 0 Å². The van der Waals surface area contributed by atoms with Gasteiger partial charge in [-0.2, -0.15) is 0 Å². The fourth-order valence-electron chi connectivity index (χ4n) is 3.71. The second-order valence-electron chi connectivity index (χ2n) is 7.27. The molecule has 1 saturated heterocycles. The zero-order valence-corrected chi connectivity index (χ0v) is 14.6. The Morgan fingerprint density at radius 2 is 1.77 bits per heavy atom. The molecule has 26 heavy (non-hydrogen) atoms. The summed E-state index contributed by atoms with van der Waals surface area (Å²) >= 11 is 0. The molecule has 1 aromatic rings. The third-order valence-electron chi connectivity index (χ3n) is 5.43. The van der Waals surface area contributed by atoms with Crippen molar-refractivity contribution in [1.29, 1.82) is 0 Å². The number of ether oxygens (including phenoxy) is 2. The standard InChI is InChI=1S/C19H24N2O5/c22-18(23)13-5-7-21(8-6-13)19(24)20-17(12-1-2-12)14-3-4-15-16(11-14)26-10-9-25-15/h3-4,11-13,17H,1-2,5-10H2,(H,20,24)(H,22,23). The van der Waals surface area contributed by atoms with Crippen molar-refractivity contribution in [3.63, 3.8) is 0 Å². The van der Waals surface area contributed by atoms with Crippen LogP contribution in [0.5, 0.6) is 11.5 Å². The number of fused-ring (bicyclic) bond motifs is 1. The van der Waals surface area contributed by atoms with Gasteiger partial charge in [0.1, 0.15) is 13.2 Å². The van der Waals surface area contributed by atoms with Gasteiger partial charge in [-0.3, -0.25) is 4.79 Å². The van der Waals surface area contributed by atoms with E-state index in [1.54, 1.807) is 4.90 Å².